The lowest BCUT2D eigenvalue weighted by Gasteiger charge is -2.38. The lowest BCUT2D eigenvalue weighted by Crippen LogP contribution is -2.54. The van der Waals surface area contributed by atoms with Crippen molar-refractivity contribution in [2.45, 2.75) is 32.0 Å². The van der Waals surface area contributed by atoms with E-state index in [1.54, 1.807) is 4.90 Å². The van der Waals surface area contributed by atoms with Gasteiger partial charge in [0.05, 0.1) is 0 Å². The van der Waals surface area contributed by atoms with E-state index in [0.717, 1.165) is 12.3 Å². The van der Waals surface area contributed by atoms with Crippen LogP contribution < -0.4 is 15.0 Å². The Morgan fingerprint density at radius 2 is 1.96 bits per heavy atom. The van der Waals surface area contributed by atoms with Crippen LogP contribution in [-0.4, -0.2) is 41.4 Å². The molecular weight excluding hydrogens is 322 g/mol. The second-order valence-corrected chi connectivity index (χ2v) is 6.21. The van der Waals surface area contributed by atoms with Gasteiger partial charge in [-0.2, -0.15) is 0 Å². The largest absolute Gasteiger partial charge is 0.478 e. The van der Waals surface area contributed by atoms with Gasteiger partial charge in [0.25, 0.3) is 0 Å². The Balaban J connectivity index is 2.04. The molecule has 6 nitrogen and oxygen atoms in total. The highest BCUT2D eigenvalue weighted by Crippen LogP contribution is 2.42. The van der Waals surface area contributed by atoms with E-state index in [0.29, 0.717) is 13.1 Å². The summed E-state index contributed by atoms with van der Waals surface area (Å²) < 4.78 is 34.4. The second-order valence-electron chi connectivity index (χ2n) is 6.21. The van der Waals surface area contributed by atoms with E-state index in [9.17, 15) is 18.7 Å². The summed E-state index contributed by atoms with van der Waals surface area (Å²) in [4.78, 5) is 12.6. The molecule has 1 aromatic rings. The Kier molecular flexibility index (Phi) is 4.18. The van der Waals surface area contributed by atoms with Crippen LogP contribution in [-0.2, 0) is 4.79 Å². The van der Waals surface area contributed by atoms with Crippen LogP contribution >= 0.6 is 0 Å². The van der Waals surface area contributed by atoms with Crippen LogP contribution in [0.25, 0.3) is 0 Å². The first-order valence-corrected chi connectivity index (χ1v) is 7.60. The summed E-state index contributed by atoms with van der Waals surface area (Å²) >= 11 is 0. The van der Waals surface area contributed by atoms with E-state index in [2.05, 4.69) is 5.32 Å². The fourth-order valence-electron chi connectivity index (χ4n) is 3.25. The van der Waals surface area contributed by atoms with Gasteiger partial charge in [0.15, 0.2) is 11.6 Å². The standard InChI is InChI=1S/C16H18F2N2O4/c1-7-4-20(5-8(2)19-7)13-11(17)3-9-14(21)10(16(22)23)6-24-15(9)12(13)18/h3,6-8,14,19,21H,4-5H2,1-2H3,(H,22,23). The number of aliphatic hydroxyl groups is 1. The van der Waals surface area contributed by atoms with E-state index >= 15 is 0 Å². The molecule has 3 rings (SSSR count). The lowest BCUT2D eigenvalue weighted by molar-refractivity contribution is -0.134. The number of anilines is 1. The van der Waals surface area contributed by atoms with E-state index in [4.69, 9.17) is 9.84 Å². The number of aliphatic hydroxyl groups excluding tert-OH is 1. The molecule has 3 N–H and O–H groups in total. The first-order chi connectivity index (χ1) is 11.3. The maximum Gasteiger partial charge on any atom is 0.337 e. The molecule has 0 spiro atoms. The Morgan fingerprint density at radius 3 is 2.54 bits per heavy atom. The number of hydrogen-bond acceptors (Lipinski definition) is 5. The summed E-state index contributed by atoms with van der Waals surface area (Å²) in [6.45, 7) is 4.66. The number of halogens is 2. The molecule has 0 bridgehead atoms. The highest BCUT2D eigenvalue weighted by Gasteiger charge is 2.34. The smallest absolute Gasteiger partial charge is 0.337 e. The highest BCUT2D eigenvalue weighted by atomic mass is 19.1. The zero-order valence-electron chi connectivity index (χ0n) is 13.2. The molecule has 24 heavy (non-hydrogen) atoms. The van der Waals surface area contributed by atoms with Gasteiger partial charge < -0.3 is 25.2 Å². The minimum atomic E-state index is -1.65. The number of hydrogen-bond donors (Lipinski definition) is 3. The van der Waals surface area contributed by atoms with Crippen molar-refractivity contribution in [2.75, 3.05) is 18.0 Å². The van der Waals surface area contributed by atoms with Crippen molar-refractivity contribution < 1.29 is 28.5 Å². The van der Waals surface area contributed by atoms with Crippen LogP contribution in [0.5, 0.6) is 5.75 Å². The summed E-state index contributed by atoms with van der Waals surface area (Å²) in [5.74, 6) is -3.56. The fraction of sp³-hybridized carbons (Fsp3) is 0.438. The molecule has 3 unspecified atom stereocenters. The third-order valence-corrected chi connectivity index (χ3v) is 4.19. The highest BCUT2D eigenvalue weighted by molar-refractivity contribution is 5.88. The van der Waals surface area contributed by atoms with Gasteiger partial charge in [-0.25, -0.2) is 13.6 Å². The molecule has 0 amide bonds. The number of benzene rings is 1. The van der Waals surface area contributed by atoms with E-state index < -0.39 is 29.3 Å². The lowest BCUT2D eigenvalue weighted by atomic mass is 9.98. The molecule has 0 saturated carbocycles. The van der Waals surface area contributed by atoms with E-state index in [1.165, 1.54) is 0 Å². The van der Waals surface area contributed by atoms with Crippen LogP contribution in [0.2, 0.25) is 0 Å². The van der Waals surface area contributed by atoms with Crippen molar-refractivity contribution in [3.8, 4) is 5.75 Å². The van der Waals surface area contributed by atoms with Crippen LogP contribution in [0.4, 0.5) is 14.5 Å². The Bertz CT molecular complexity index is 713. The van der Waals surface area contributed by atoms with Gasteiger partial charge in [0.2, 0.25) is 0 Å². The number of nitrogens with one attached hydrogen (secondary N) is 1. The minimum absolute atomic E-state index is 0.0496. The number of fused-ring (bicyclic) bond motifs is 1. The monoisotopic (exact) mass is 340 g/mol. The van der Waals surface area contributed by atoms with Crippen molar-refractivity contribution in [3.63, 3.8) is 0 Å². The van der Waals surface area contributed by atoms with E-state index in [1.807, 2.05) is 13.8 Å². The van der Waals surface area contributed by atoms with Crippen LogP contribution in [0.1, 0.15) is 25.5 Å². The van der Waals surface area contributed by atoms with Crippen molar-refractivity contribution in [3.05, 3.63) is 35.1 Å². The maximum atomic E-state index is 14.8. The van der Waals surface area contributed by atoms with Crippen molar-refractivity contribution >= 4 is 11.7 Å². The molecule has 3 atom stereocenters. The SMILES string of the molecule is CC1CN(c2c(F)cc3c(c2F)OC=C(C(=O)O)C3O)CC(C)N1. The quantitative estimate of drug-likeness (QED) is 0.758. The Labute approximate surface area is 137 Å². The number of rotatable bonds is 2. The summed E-state index contributed by atoms with van der Waals surface area (Å²) in [6.07, 6.45) is -0.867. The maximum absolute atomic E-state index is 14.8. The number of piperazine rings is 1. The molecule has 0 aliphatic carbocycles. The van der Waals surface area contributed by atoms with Gasteiger partial charge >= 0.3 is 5.97 Å². The molecule has 2 heterocycles. The third-order valence-electron chi connectivity index (χ3n) is 4.19. The second kappa shape index (κ2) is 6.03. The molecule has 130 valence electrons. The summed E-state index contributed by atoms with van der Waals surface area (Å²) in [5.41, 5.74) is -0.934. The molecule has 0 aromatic heterocycles. The summed E-state index contributed by atoms with van der Waals surface area (Å²) in [5, 5.41) is 22.3. The minimum Gasteiger partial charge on any atom is -0.478 e. The van der Waals surface area contributed by atoms with Gasteiger partial charge in [-0.05, 0) is 19.9 Å². The Hall–Kier alpha value is -2.19. The van der Waals surface area contributed by atoms with Crippen molar-refractivity contribution in [1.29, 1.82) is 0 Å². The Morgan fingerprint density at radius 1 is 1.33 bits per heavy atom. The van der Waals surface area contributed by atoms with Crippen LogP contribution in [0.3, 0.4) is 0 Å². The first-order valence-electron chi connectivity index (χ1n) is 7.60. The number of aliphatic carboxylic acids is 1. The van der Waals surface area contributed by atoms with Crippen molar-refractivity contribution in [2.24, 2.45) is 0 Å². The van der Waals surface area contributed by atoms with Crippen LogP contribution in [0.15, 0.2) is 17.9 Å². The normalized spacial score (nSPS) is 26.5. The zero-order valence-corrected chi connectivity index (χ0v) is 13.2. The average Bonchev–Trinajstić information content (AvgIpc) is 2.47. The molecule has 1 aromatic carbocycles. The van der Waals surface area contributed by atoms with Crippen molar-refractivity contribution in [1.82, 2.24) is 5.32 Å². The molecule has 8 heteroatoms. The fourth-order valence-corrected chi connectivity index (χ4v) is 3.25. The molecule has 1 saturated heterocycles. The molecule has 0 radical (unpaired) electrons. The van der Waals surface area contributed by atoms with Crippen LogP contribution in [0, 0.1) is 11.6 Å². The molecule has 2 aliphatic rings. The molecule has 2 aliphatic heterocycles. The number of nitrogens with zero attached hydrogens (tertiary/aromatic N) is 1. The number of ether oxygens (including phenoxy) is 1. The van der Waals surface area contributed by atoms with Gasteiger partial charge in [0, 0.05) is 30.7 Å². The predicted octanol–water partition coefficient (Wildman–Crippen LogP) is 1.55. The topological polar surface area (TPSA) is 82.0 Å². The third kappa shape index (κ3) is 2.71. The van der Waals surface area contributed by atoms with E-state index in [-0.39, 0.29) is 29.1 Å². The number of carbonyl (C=O) groups is 1. The van der Waals surface area contributed by atoms with Gasteiger partial charge in [0.1, 0.15) is 29.4 Å². The summed E-state index contributed by atoms with van der Waals surface area (Å²) in [7, 11) is 0. The molecular formula is C16H18F2N2O4. The van der Waals surface area contributed by atoms with Gasteiger partial charge in [-0.1, -0.05) is 0 Å². The first kappa shape index (κ1) is 16.7. The molecule has 1 fully saturated rings. The van der Waals surface area contributed by atoms with Gasteiger partial charge in [-0.15, -0.1) is 0 Å². The summed E-state index contributed by atoms with van der Waals surface area (Å²) in [6, 6.07) is 1.04. The predicted molar refractivity (Wildman–Crippen MR) is 81.9 cm³/mol. The zero-order chi connectivity index (χ0) is 17.6. The number of carboxylic acids is 1. The average molecular weight is 340 g/mol. The van der Waals surface area contributed by atoms with Gasteiger partial charge in [-0.3, -0.25) is 0 Å². The number of carboxylic acid groups (broad SMARTS) is 1.